The van der Waals surface area contributed by atoms with Crippen molar-refractivity contribution in [2.75, 3.05) is 19.5 Å². The number of thioether (sulfide) groups is 1. The first-order valence-corrected chi connectivity index (χ1v) is 9.04. The van der Waals surface area contributed by atoms with Crippen LogP contribution in [-0.4, -0.2) is 36.5 Å². The van der Waals surface area contributed by atoms with Crippen LogP contribution in [0, 0.1) is 5.92 Å². The van der Waals surface area contributed by atoms with Gasteiger partial charge in [0.1, 0.15) is 0 Å². The Bertz CT molecular complexity index is 526. The number of ether oxygens (including phenoxy) is 1. The van der Waals surface area contributed by atoms with Crippen LogP contribution in [-0.2, 0) is 14.3 Å². The summed E-state index contributed by atoms with van der Waals surface area (Å²) in [4.78, 5) is 24.3. The number of carboxylic acid groups (broad SMARTS) is 1. The van der Waals surface area contributed by atoms with Gasteiger partial charge in [0.25, 0.3) is 0 Å². The van der Waals surface area contributed by atoms with Crippen molar-refractivity contribution < 1.29 is 19.4 Å². The van der Waals surface area contributed by atoms with Crippen LogP contribution in [0.15, 0.2) is 29.2 Å². The second-order valence-corrected chi connectivity index (χ2v) is 6.64. The fourth-order valence-electron chi connectivity index (χ4n) is 2.68. The summed E-state index contributed by atoms with van der Waals surface area (Å²) in [7, 11) is 0. The van der Waals surface area contributed by atoms with E-state index in [0.717, 1.165) is 36.5 Å². The van der Waals surface area contributed by atoms with Crippen molar-refractivity contribution in [2.45, 2.75) is 36.6 Å². The van der Waals surface area contributed by atoms with Gasteiger partial charge in [0.05, 0.1) is 12.5 Å². The van der Waals surface area contributed by atoms with Crippen LogP contribution in [0.5, 0.6) is 0 Å². The lowest BCUT2D eigenvalue weighted by Crippen LogP contribution is -2.30. The van der Waals surface area contributed by atoms with Crippen LogP contribution in [0.2, 0.25) is 0 Å². The maximum absolute atomic E-state index is 12.1. The normalized spacial score (nSPS) is 18.6. The number of carbonyl (C=O) groups excluding carboxylic acids is 1. The van der Waals surface area contributed by atoms with E-state index in [1.807, 2.05) is 30.5 Å². The van der Waals surface area contributed by atoms with Gasteiger partial charge in [-0.3, -0.25) is 9.59 Å². The van der Waals surface area contributed by atoms with E-state index in [9.17, 15) is 9.59 Å². The molecule has 0 aromatic heterocycles. The molecule has 2 N–H and O–H groups in total. The predicted molar refractivity (Wildman–Crippen MR) is 89.5 cm³/mol. The molecule has 2 rings (SSSR count). The molecule has 1 saturated heterocycles. The number of rotatable bonds is 8. The summed E-state index contributed by atoms with van der Waals surface area (Å²) in [6.07, 6.45) is 4.07. The van der Waals surface area contributed by atoms with Crippen LogP contribution >= 0.6 is 11.8 Å². The van der Waals surface area contributed by atoms with Crippen molar-refractivity contribution in [3.05, 3.63) is 29.8 Å². The Balaban J connectivity index is 1.93. The third-order valence-corrected chi connectivity index (χ3v) is 4.78. The van der Waals surface area contributed by atoms with Crippen molar-refractivity contribution in [2.24, 2.45) is 5.92 Å². The lowest BCUT2D eigenvalue weighted by atomic mass is 10.0. The van der Waals surface area contributed by atoms with Crippen LogP contribution in [0.25, 0.3) is 0 Å². The first-order valence-electron chi connectivity index (χ1n) is 7.81. The molecular weight excluding hydrogens is 314 g/mol. The molecule has 2 unspecified atom stereocenters. The molecule has 23 heavy (non-hydrogen) atoms. The molecule has 0 spiro atoms. The van der Waals surface area contributed by atoms with Crippen LogP contribution < -0.4 is 5.32 Å². The Hall–Kier alpha value is -1.53. The molecule has 1 aliphatic heterocycles. The number of hydrogen-bond donors (Lipinski definition) is 2. The zero-order chi connectivity index (χ0) is 16.7. The zero-order valence-electron chi connectivity index (χ0n) is 13.3. The molecule has 0 saturated carbocycles. The van der Waals surface area contributed by atoms with E-state index in [4.69, 9.17) is 9.84 Å². The van der Waals surface area contributed by atoms with Gasteiger partial charge in [-0.15, -0.1) is 11.8 Å². The number of amides is 1. The quantitative estimate of drug-likeness (QED) is 0.714. The maximum Gasteiger partial charge on any atom is 0.305 e. The summed E-state index contributed by atoms with van der Waals surface area (Å²) in [5.74, 6) is -0.579. The zero-order valence-corrected chi connectivity index (χ0v) is 14.1. The molecule has 1 aromatic rings. The average molecular weight is 337 g/mol. The fraction of sp³-hybridized carbons (Fsp3) is 0.529. The molecule has 5 nitrogen and oxygen atoms in total. The minimum atomic E-state index is -0.923. The van der Waals surface area contributed by atoms with Gasteiger partial charge < -0.3 is 15.2 Å². The van der Waals surface area contributed by atoms with E-state index in [-0.39, 0.29) is 12.3 Å². The average Bonchev–Trinajstić information content (AvgIpc) is 3.05. The second kappa shape index (κ2) is 8.93. The number of carbonyl (C=O) groups is 2. The molecule has 1 aliphatic rings. The minimum Gasteiger partial charge on any atom is -0.481 e. The molecule has 126 valence electrons. The smallest absolute Gasteiger partial charge is 0.305 e. The van der Waals surface area contributed by atoms with E-state index in [2.05, 4.69) is 5.32 Å². The van der Waals surface area contributed by atoms with E-state index in [0.29, 0.717) is 12.3 Å². The number of hydrogen-bond acceptors (Lipinski definition) is 4. The number of benzene rings is 1. The Morgan fingerprint density at radius 1 is 1.39 bits per heavy atom. The third-order valence-electron chi connectivity index (χ3n) is 4.04. The van der Waals surface area contributed by atoms with Gasteiger partial charge in [0, 0.05) is 24.5 Å². The molecule has 6 heteroatoms. The molecule has 1 aromatic carbocycles. The van der Waals surface area contributed by atoms with Crippen molar-refractivity contribution in [1.82, 2.24) is 5.32 Å². The molecule has 0 radical (unpaired) electrons. The van der Waals surface area contributed by atoms with E-state index < -0.39 is 12.0 Å². The number of carboxylic acids is 1. The van der Waals surface area contributed by atoms with Gasteiger partial charge >= 0.3 is 5.97 Å². The van der Waals surface area contributed by atoms with Gasteiger partial charge in [-0.25, -0.2) is 0 Å². The van der Waals surface area contributed by atoms with Crippen LogP contribution in [0.4, 0.5) is 0 Å². The van der Waals surface area contributed by atoms with E-state index in [1.54, 1.807) is 11.8 Å². The van der Waals surface area contributed by atoms with E-state index >= 15 is 0 Å². The largest absolute Gasteiger partial charge is 0.481 e. The first kappa shape index (κ1) is 17.8. The van der Waals surface area contributed by atoms with Gasteiger partial charge in [-0.2, -0.15) is 0 Å². The van der Waals surface area contributed by atoms with Gasteiger partial charge in [0.2, 0.25) is 5.91 Å². The molecule has 1 amide bonds. The highest BCUT2D eigenvalue weighted by molar-refractivity contribution is 7.98. The topological polar surface area (TPSA) is 75.6 Å². The Kier molecular flexibility index (Phi) is 6.92. The van der Waals surface area contributed by atoms with Crippen molar-refractivity contribution >= 4 is 23.6 Å². The fourth-order valence-corrected chi connectivity index (χ4v) is 3.08. The molecule has 1 fully saturated rings. The number of aliphatic carboxylic acids is 1. The summed E-state index contributed by atoms with van der Waals surface area (Å²) in [5.41, 5.74) is 0.822. The standard InChI is InChI=1S/C17H23NO4S/c1-23-14-5-3-13(4-6-14)15(10-17(20)21)18-16(19)7-2-12-8-9-22-11-12/h3-6,12,15H,2,7-11H2,1H3,(H,18,19)(H,20,21). The highest BCUT2D eigenvalue weighted by Crippen LogP contribution is 2.22. The Labute approximate surface area is 140 Å². The molecular formula is C17H23NO4S. The second-order valence-electron chi connectivity index (χ2n) is 5.76. The molecule has 0 bridgehead atoms. The minimum absolute atomic E-state index is 0.0999. The maximum atomic E-state index is 12.1. The molecule has 0 aliphatic carbocycles. The highest BCUT2D eigenvalue weighted by atomic mass is 32.2. The summed E-state index contributed by atoms with van der Waals surface area (Å²) in [6, 6.07) is 7.15. The summed E-state index contributed by atoms with van der Waals surface area (Å²) in [5, 5.41) is 11.9. The van der Waals surface area contributed by atoms with Crippen molar-refractivity contribution in [1.29, 1.82) is 0 Å². The summed E-state index contributed by atoms with van der Waals surface area (Å²) >= 11 is 1.62. The predicted octanol–water partition coefficient (Wildman–Crippen LogP) is 2.86. The lowest BCUT2D eigenvalue weighted by molar-refractivity contribution is -0.137. The van der Waals surface area contributed by atoms with Crippen LogP contribution in [0.3, 0.4) is 0 Å². The van der Waals surface area contributed by atoms with Crippen molar-refractivity contribution in [3.8, 4) is 0 Å². The Morgan fingerprint density at radius 3 is 2.70 bits per heavy atom. The number of nitrogens with one attached hydrogen (secondary N) is 1. The molecule has 2 atom stereocenters. The summed E-state index contributed by atoms with van der Waals surface area (Å²) in [6.45, 7) is 1.50. The first-order chi connectivity index (χ1) is 11.1. The van der Waals surface area contributed by atoms with Gasteiger partial charge in [-0.1, -0.05) is 12.1 Å². The van der Waals surface area contributed by atoms with Crippen LogP contribution in [0.1, 0.15) is 37.3 Å². The molecule has 1 heterocycles. The van der Waals surface area contributed by atoms with Crippen molar-refractivity contribution in [3.63, 3.8) is 0 Å². The summed E-state index contributed by atoms with van der Waals surface area (Å²) < 4.78 is 5.30. The monoisotopic (exact) mass is 337 g/mol. The Morgan fingerprint density at radius 2 is 2.13 bits per heavy atom. The highest BCUT2D eigenvalue weighted by Gasteiger charge is 2.20. The third kappa shape index (κ3) is 5.88. The van der Waals surface area contributed by atoms with E-state index in [1.165, 1.54) is 0 Å². The van der Waals surface area contributed by atoms with Gasteiger partial charge in [0.15, 0.2) is 0 Å². The lowest BCUT2D eigenvalue weighted by Gasteiger charge is -2.18. The SMILES string of the molecule is CSc1ccc(C(CC(=O)O)NC(=O)CCC2CCOC2)cc1. The van der Waals surface area contributed by atoms with Gasteiger partial charge in [-0.05, 0) is 42.7 Å².